The average molecular weight is 248 g/mol. The highest BCUT2D eigenvalue weighted by Gasteiger charge is 1.88. The molecule has 2 N–H and O–H groups in total. The van der Waals surface area contributed by atoms with Crippen LogP contribution in [0.2, 0.25) is 0 Å². The first kappa shape index (κ1) is 14.6. The van der Waals surface area contributed by atoms with Gasteiger partial charge in [-0.1, -0.05) is 24.3 Å². The van der Waals surface area contributed by atoms with Crippen molar-refractivity contribution >= 4 is 10.4 Å². The summed E-state index contributed by atoms with van der Waals surface area (Å²) >= 11 is 0. The average Bonchev–Trinajstić information content (AvgIpc) is 2.17. The SMILES string of the molecule is C=CCOOc1ccccc1.O=S(=O)(O)O. The molecule has 0 amide bonds. The van der Waals surface area contributed by atoms with Gasteiger partial charge in [0, 0.05) is 0 Å². The molecule has 16 heavy (non-hydrogen) atoms. The topological polar surface area (TPSA) is 93.1 Å². The molecule has 6 nitrogen and oxygen atoms in total. The van der Waals surface area contributed by atoms with E-state index in [4.69, 9.17) is 27.3 Å². The lowest BCUT2D eigenvalue weighted by molar-refractivity contribution is -0.195. The summed E-state index contributed by atoms with van der Waals surface area (Å²) in [5, 5.41) is 0. The van der Waals surface area contributed by atoms with Crippen LogP contribution in [0.4, 0.5) is 0 Å². The summed E-state index contributed by atoms with van der Waals surface area (Å²) in [4.78, 5) is 9.63. The molecular weight excluding hydrogens is 236 g/mol. The van der Waals surface area contributed by atoms with Gasteiger partial charge in [0.2, 0.25) is 0 Å². The number of benzene rings is 1. The summed E-state index contributed by atoms with van der Waals surface area (Å²) in [7, 11) is -4.67. The molecule has 0 unspecified atom stereocenters. The molecule has 0 aliphatic heterocycles. The summed E-state index contributed by atoms with van der Waals surface area (Å²) in [6, 6.07) is 9.33. The van der Waals surface area contributed by atoms with Crippen molar-refractivity contribution in [2.75, 3.05) is 6.61 Å². The van der Waals surface area contributed by atoms with Gasteiger partial charge in [0.05, 0.1) is 0 Å². The maximum atomic E-state index is 8.74. The quantitative estimate of drug-likeness (QED) is 0.276. The van der Waals surface area contributed by atoms with Crippen LogP contribution in [0.5, 0.6) is 5.75 Å². The Morgan fingerprint density at radius 3 is 2.19 bits per heavy atom. The highest BCUT2D eigenvalue weighted by Crippen LogP contribution is 2.07. The predicted octanol–water partition coefficient (Wildman–Crippen LogP) is 1.53. The van der Waals surface area contributed by atoms with Crippen LogP contribution in [-0.4, -0.2) is 24.1 Å². The van der Waals surface area contributed by atoms with Crippen molar-refractivity contribution in [2.45, 2.75) is 0 Å². The first-order valence-corrected chi connectivity index (χ1v) is 5.48. The van der Waals surface area contributed by atoms with Gasteiger partial charge in [-0.2, -0.15) is 13.3 Å². The van der Waals surface area contributed by atoms with Crippen molar-refractivity contribution in [2.24, 2.45) is 0 Å². The summed E-state index contributed by atoms with van der Waals surface area (Å²) < 4.78 is 31.6. The molecule has 0 bridgehead atoms. The molecule has 1 aromatic carbocycles. The van der Waals surface area contributed by atoms with Crippen molar-refractivity contribution in [3.63, 3.8) is 0 Å². The van der Waals surface area contributed by atoms with Crippen molar-refractivity contribution in [1.29, 1.82) is 0 Å². The fourth-order valence-electron chi connectivity index (χ4n) is 0.626. The number of para-hydroxylation sites is 1. The Kier molecular flexibility index (Phi) is 7.14. The molecule has 0 aromatic heterocycles. The molecule has 0 spiro atoms. The Balaban J connectivity index is 0.000000385. The van der Waals surface area contributed by atoms with Gasteiger partial charge < -0.3 is 4.89 Å². The van der Waals surface area contributed by atoms with E-state index in [-0.39, 0.29) is 0 Å². The number of hydrogen-bond donors (Lipinski definition) is 2. The molecule has 0 saturated heterocycles. The van der Waals surface area contributed by atoms with Crippen LogP contribution < -0.4 is 4.89 Å². The van der Waals surface area contributed by atoms with E-state index in [1.165, 1.54) is 0 Å². The summed E-state index contributed by atoms with van der Waals surface area (Å²) in [5.74, 6) is 0.703. The lowest BCUT2D eigenvalue weighted by Gasteiger charge is -2.00. The maximum absolute atomic E-state index is 8.74. The second-order valence-corrected chi connectivity index (χ2v) is 3.31. The van der Waals surface area contributed by atoms with Gasteiger partial charge in [-0.15, -0.1) is 6.58 Å². The minimum atomic E-state index is -4.67. The standard InChI is InChI=1S/C9H10O2.H2O4S/c1-2-8-10-11-9-6-4-3-5-7-9;1-5(2,3)4/h2-7H,1,8H2;(H2,1,2,3,4). The monoisotopic (exact) mass is 248 g/mol. The number of hydrogen-bond acceptors (Lipinski definition) is 4. The molecule has 0 saturated carbocycles. The molecule has 0 aliphatic rings. The second kappa shape index (κ2) is 7.83. The van der Waals surface area contributed by atoms with Crippen molar-refractivity contribution in [1.82, 2.24) is 0 Å². The Hall–Kier alpha value is -1.41. The first-order chi connectivity index (χ1) is 7.43. The zero-order valence-corrected chi connectivity index (χ0v) is 9.13. The van der Waals surface area contributed by atoms with Crippen molar-refractivity contribution in [3.05, 3.63) is 43.0 Å². The van der Waals surface area contributed by atoms with E-state index in [0.717, 1.165) is 0 Å². The largest absolute Gasteiger partial charge is 0.394 e. The van der Waals surface area contributed by atoms with E-state index in [2.05, 4.69) is 6.58 Å². The lowest BCUT2D eigenvalue weighted by atomic mass is 10.3. The van der Waals surface area contributed by atoms with E-state index >= 15 is 0 Å². The van der Waals surface area contributed by atoms with E-state index in [0.29, 0.717) is 12.4 Å². The minimum Gasteiger partial charge on any atom is -0.337 e. The molecule has 0 radical (unpaired) electrons. The van der Waals surface area contributed by atoms with E-state index in [1.807, 2.05) is 30.3 Å². The van der Waals surface area contributed by atoms with Crippen LogP contribution in [0.1, 0.15) is 0 Å². The summed E-state index contributed by atoms with van der Waals surface area (Å²) in [5.41, 5.74) is 0. The zero-order chi connectivity index (χ0) is 12.4. The third kappa shape index (κ3) is 12.6. The molecule has 7 heteroatoms. The molecular formula is C9H12O6S. The first-order valence-electron chi connectivity index (χ1n) is 4.09. The van der Waals surface area contributed by atoms with E-state index in [9.17, 15) is 0 Å². The highest BCUT2D eigenvalue weighted by molar-refractivity contribution is 7.79. The summed E-state index contributed by atoms with van der Waals surface area (Å²) in [6.45, 7) is 3.88. The third-order valence-electron chi connectivity index (χ3n) is 1.08. The molecule has 1 rings (SSSR count). The molecule has 0 aliphatic carbocycles. The van der Waals surface area contributed by atoms with Crippen LogP contribution in [-0.2, 0) is 15.3 Å². The zero-order valence-electron chi connectivity index (χ0n) is 8.31. The van der Waals surface area contributed by atoms with Crippen LogP contribution in [0.3, 0.4) is 0 Å². The Labute approximate surface area is 93.6 Å². The van der Waals surface area contributed by atoms with E-state index < -0.39 is 10.4 Å². The Morgan fingerprint density at radius 1 is 1.25 bits per heavy atom. The second-order valence-electron chi connectivity index (χ2n) is 2.42. The van der Waals surface area contributed by atoms with E-state index in [1.54, 1.807) is 6.08 Å². The van der Waals surface area contributed by atoms with Crippen LogP contribution in [0.15, 0.2) is 43.0 Å². The molecule has 90 valence electrons. The van der Waals surface area contributed by atoms with Gasteiger partial charge in [0.1, 0.15) is 6.61 Å². The van der Waals surface area contributed by atoms with Crippen LogP contribution in [0, 0.1) is 0 Å². The van der Waals surface area contributed by atoms with Crippen LogP contribution in [0.25, 0.3) is 0 Å². The van der Waals surface area contributed by atoms with Gasteiger partial charge in [-0.3, -0.25) is 9.11 Å². The maximum Gasteiger partial charge on any atom is 0.394 e. The van der Waals surface area contributed by atoms with Gasteiger partial charge in [-0.25, -0.2) is 0 Å². The molecule has 0 heterocycles. The van der Waals surface area contributed by atoms with Gasteiger partial charge >= 0.3 is 10.4 Å². The Morgan fingerprint density at radius 2 is 1.75 bits per heavy atom. The minimum absolute atomic E-state index is 0.398. The smallest absolute Gasteiger partial charge is 0.337 e. The normalized spacial score (nSPS) is 9.88. The van der Waals surface area contributed by atoms with Crippen molar-refractivity contribution < 1.29 is 27.3 Å². The lowest BCUT2D eigenvalue weighted by Crippen LogP contribution is -1.95. The molecule has 0 atom stereocenters. The van der Waals surface area contributed by atoms with Gasteiger partial charge in [0.15, 0.2) is 5.75 Å². The summed E-state index contributed by atoms with van der Waals surface area (Å²) in [6.07, 6.45) is 1.63. The van der Waals surface area contributed by atoms with Gasteiger partial charge in [-0.05, 0) is 12.1 Å². The third-order valence-corrected chi connectivity index (χ3v) is 1.08. The van der Waals surface area contributed by atoms with Gasteiger partial charge in [0.25, 0.3) is 0 Å². The molecule has 1 aromatic rings. The number of rotatable bonds is 4. The van der Waals surface area contributed by atoms with Crippen molar-refractivity contribution in [3.8, 4) is 5.75 Å². The Bertz CT molecular complexity index is 378. The van der Waals surface area contributed by atoms with Crippen LogP contribution >= 0.6 is 0 Å². The molecule has 0 fully saturated rings. The highest BCUT2D eigenvalue weighted by atomic mass is 32.3. The predicted molar refractivity (Wildman–Crippen MR) is 57.4 cm³/mol. The fourth-order valence-corrected chi connectivity index (χ4v) is 0.626. The fraction of sp³-hybridized carbons (Fsp3) is 0.111.